The van der Waals surface area contributed by atoms with E-state index in [2.05, 4.69) is 5.32 Å². The summed E-state index contributed by atoms with van der Waals surface area (Å²) in [4.78, 5) is 40.2. The minimum Gasteiger partial charge on any atom is -0.362 e. The number of hydrogen-bond acceptors (Lipinski definition) is 5. The summed E-state index contributed by atoms with van der Waals surface area (Å²) < 4.78 is 0. The molecule has 0 saturated carbocycles. The molecule has 1 atom stereocenters. The number of allylic oxidation sites excluding steroid dienone is 3. The van der Waals surface area contributed by atoms with E-state index >= 15 is 0 Å². The molecule has 1 aromatic rings. The summed E-state index contributed by atoms with van der Waals surface area (Å²) in [5.41, 5.74) is 1.63. The van der Waals surface area contributed by atoms with Gasteiger partial charge in [-0.2, -0.15) is 0 Å². The van der Waals surface area contributed by atoms with Crippen LogP contribution in [0.3, 0.4) is 0 Å². The standard InChI is InChI=1S/C23H28ClN3O4/c1-6-26(7-2)22(29)18-13(3)25-16-10-11-23(4,5)21(28)20(16)19(18)15-12-14(24)8-9-17(15)27(30)31/h8-9,12,19,25H,6-7,10-11H2,1-5H3. The highest BCUT2D eigenvalue weighted by atomic mass is 35.5. The summed E-state index contributed by atoms with van der Waals surface area (Å²) in [6.45, 7) is 10.3. The van der Waals surface area contributed by atoms with E-state index in [9.17, 15) is 19.7 Å². The summed E-state index contributed by atoms with van der Waals surface area (Å²) in [5.74, 6) is -1.19. The quantitative estimate of drug-likeness (QED) is 0.522. The third-order valence-electron chi connectivity index (χ3n) is 6.28. The van der Waals surface area contributed by atoms with Crippen molar-refractivity contribution in [1.29, 1.82) is 0 Å². The Morgan fingerprint density at radius 3 is 2.55 bits per heavy atom. The highest BCUT2D eigenvalue weighted by molar-refractivity contribution is 6.30. The molecule has 0 spiro atoms. The summed E-state index contributed by atoms with van der Waals surface area (Å²) in [5, 5.41) is 15.5. The smallest absolute Gasteiger partial charge is 0.273 e. The van der Waals surface area contributed by atoms with E-state index in [1.165, 1.54) is 18.2 Å². The number of ketones is 1. The van der Waals surface area contributed by atoms with Crippen LogP contribution < -0.4 is 5.32 Å². The number of carbonyl (C=O) groups is 2. The fourth-order valence-corrected chi connectivity index (χ4v) is 4.66. The van der Waals surface area contributed by atoms with Gasteiger partial charge in [0, 0.05) is 57.7 Å². The lowest BCUT2D eigenvalue weighted by atomic mass is 9.67. The predicted octanol–water partition coefficient (Wildman–Crippen LogP) is 4.72. The molecule has 0 bridgehead atoms. The average Bonchev–Trinajstić information content (AvgIpc) is 2.70. The molecule has 166 valence electrons. The molecule has 8 heteroatoms. The molecule has 2 aliphatic rings. The number of carbonyl (C=O) groups excluding carboxylic acids is 2. The van der Waals surface area contributed by atoms with Gasteiger partial charge >= 0.3 is 0 Å². The first kappa shape index (κ1) is 23.0. The van der Waals surface area contributed by atoms with E-state index in [1.807, 2.05) is 27.7 Å². The fraction of sp³-hybridized carbons (Fsp3) is 0.478. The average molecular weight is 446 g/mol. The van der Waals surface area contributed by atoms with Crippen molar-refractivity contribution < 1.29 is 14.5 Å². The van der Waals surface area contributed by atoms with Gasteiger partial charge in [0.15, 0.2) is 5.78 Å². The number of nitrogens with zero attached hydrogens (tertiary/aromatic N) is 2. The van der Waals surface area contributed by atoms with Gasteiger partial charge in [0.05, 0.1) is 10.8 Å². The van der Waals surface area contributed by atoms with Crippen molar-refractivity contribution in [1.82, 2.24) is 10.2 Å². The molecule has 31 heavy (non-hydrogen) atoms. The van der Waals surface area contributed by atoms with Gasteiger partial charge in [-0.1, -0.05) is 25.4 Å². The summed E-state index contributed by atoms with van der Waals surface area (Å²) in [6, 6.07) is 4.31. The number of hydrogen-bond donors (Lipinski definition) is 1. The van der Waals surface area contributed by atoms with E-state index < -0.39 is 16.3 Å². The zero-order valence-electron chi connectivity index (χ0n) is 18.5. The normalized spacial score (nSPS) is 20.3. The molecule has 0 fully saturated rings. The van der Waals surface area contributed by atoms with Crippen molar-refractivity contribution in [2.75, 3.05) is 13.1 Å². The molecule has 1 aromatic carbocycles. The molecule has 0 radical (unpaired) electrons. The molecule has 1 heterocycles. The van der Waals surface area contributed by atoms with Crippen LogP contribution in [0.4, 0.5) is 5.69 Å². The maximum absolute atomic E-state index is 13.6. The largest absolute Gasteiger partial charge is 0.362 e. The Hall–Kier alpha value is -2.67. The lowest BCUT2D eigenvalue weighted by Crippen LogP contribution is -2.43. The minimum absolute atomic E-state index is 0.0992. The van der Waals surface area contributed by atoms with Crippen LogP contribution in [0.1, 0.15) is 58.9 Å². The van der Waals surface area contributed by atoms with Crippen molar-refractivity contribution in [3.8, 4) is 0 Å². The number of amides is 1. The Balaban J connectivity index is 2.33. The number of Topliss-reactive ketones (excluding diaryl/α,β-unsaturated/α-hetero) is 1. The van der Waals surface area contributed by atoms with E-state index in [4.69, 9.17) is 11.6 Å². The molecule has 1 unspecified atom stereocenters. The summed E-state index contributed by atoms with van der Waals surface area (Å²) in [7, 11) is 0. The van der Waals surface area contributed by atoms with Gasteiger partial charge in [0.1, 0.15) is 0 Å². The number of nitrogens with one attached hydrogen (secondary N) is 1. The van der Waals surface area contributed by atoms with Gasteiger partial charge in [-0.25, -0.2) is 0 Å². The summed E-state index contributed by atoms with van der Waals surface area (Å²) in [6.07, 6.45) is 1.29. The first-order valence-electron chi connectivity index (χ1n) is 10.5. The zero-order chi connectivity index (χ0) is 23.1. The maximum atomic E-state index is 13.6. The van der Waals surface area contributed by atoms with E-state index in [0.717, 1.165) is 5.70 Å². The lowest BCUT2D eigenvalue weighted by molar-refractivity contribution is -0.385. The van der Waals surface area contributed by atoms with E-state index in [-0.39, 0.29) is 22.9 Å². The van der Waals surface area contributed by atoms with Crippen LogP contribution >= 0.6 is 11.6 Å². The molecule has 7 nitrogen and oxygen atoms in total. The maximum Gasteiger partial charge on any atom is 0.273 e. The first-order chi connectivity index (χ1) is 14.5. The number of rotatable bonds is 5. The minimum atomic E-state index is -0.851. The molecule has 1 N–H and O–H groups in total. The van der Waals surface area contributed by atoms with Crippen molar-refractivity contribution in [3.63, 3.8) is 0 Å². The number of nitro benzene ring substituents is 1. The molecular weight excluding hydrogens is 418 g/mol. The van der Waals surface area contributed by atoms with Crippen molar-refractivity contribution in [2.24, 2.45) is 5.41 Å². The summed E-state index contributed by atoms with van der Waals surface area (Å²) >= 11 is 6.24. The number of nitro groups is 1. The van der Waals surface area contributed by atoms with E-state index in [1.54, 1.807) is 11.8 Å². The first-order valence-corrected chi connectivity index (χ1v) is 10.9. The Kier molecular flexibility index (Phi) is 6.28. The second kappa shape index (κ2) is 8.46. The van der Waals surface area contributed by atoms with Gasteiger partial charge in [-0.05, 0) is 45.7 Å². The third-order valence-corrected chi connectivity index (χ3v) is 6.52. The molecule has 0 saturated heterocycles. The number of likely N-dealkylation sites (N-methyl/N-ethyl adjacent to an activating group) is 1. The number of dihydropyridines is 1. The van der Waals surface area contributed by atoms with Crippen LogP contribution in [0.15, 0.2) is 40.7 Å². The second-order valence-corrected chi connectivity index (χ2v) is 9.08. The van der Waals surface area contributed by atoms with Crippen LogP contribution in [0, 0.1) is 15.5 Å². The van der Waals surface area contributed by atoms with Crippen molar-refractivity contribution in [2.45, 2.75) is 53.4 Å². The topological polar surface area (TPSA) is 92.6 Å². The van der Waals surface area contributed by atoms with Crippen molar-refractivity contribution in [3.05, 3.63) is 61.4 Å². The molecule has 1 aliphatic carbocycles. The van der Waals surface area contributed by atoms with Crippen LogP contribution in [-0.4, -0.2) is 34.6 Å². The predicted molar refractivity (Wildman–Crippen MR) is 120 cm³/mol. The molecule has 1 amide bonds. The van der Waals surface area contributed by atoms with E-state index in [0.29, 0.717) is 47.8 Å². The number of halogens is 1. The van der Waals surface area contributed by atoms with Crippen molar-refractivity contribution >= 4 is 29.0 Å². The van der Waals surface area contributed by atoms with Gasteiger partial charge in [-0.3, -0.25) is 19.7 Å². The Morgan fingerprint density at radius 2 is 1.97 bits per heavy atom. The van der Waals surface area contributed by atoms with Crippen LogP contribution in [0.25, 0.3) is 0 Å². The Labute approximate surface area is 187 Å². The monoisotopic (exact) mass is 445 g/mol. The lowest BCUT2D eigenvalue weighted by Gasteiger charge is -2.40. The molecule has 3 rings (SSSR count). The van der Waals surface area contributed by atoms with Gasteiger partial charge in [0.25, 0.3) is 11.6 Å². The second-order valence-electron chi connectivity index (χ2n) is 8.64. The Morgan fingerprint density at radius 1 is 1.32 bits per heavy atom. The third kappa shape index (κ3) is 3.99. The van der Waals surface area contributed by atoms with Gasteiger partial charge in [-0.15, -0.1) is 0 Å². The molecule has 1 aliphatic heterocycles. The Bertz CT molecular complexity index is 1020. The van der Waals surface area contributed by atoms with Crippen LogP contribution in [0.2, 0.25) is 5.02 Å². The van der Waals surface area contributed by atoms with Gasteiger partial charge < -0.3 is 10.2 Å². The van der Waals surface area contributed by atoms with Crippen LogP contribution in [0.5, 0.6) is 0 Å². The highest BCUT2D eigenvalue weighted by Crippen LogP contribution is 2.49. The van der Waals surface area contributed by atoms with Gasteiger partial charge in [0.2, 0.25) is 0 Å². The van der Waals surface area contributed by atoms with Crippen LogP contribution in [-0.2, 0) is 9.59 Å². The highest BCUT2D eigenvalue weighted by Gasteiger charge is 2.46. The zero-order valence-corrected chi connectivity index (χ0v) is 19.3. The number of benzene rings is 1. The molecular formula is C23H28ClN3O4. The fourth-order valence-electron chi connectivity index (χ4n) is 4.48. The SMILES string of the molecule is CCN(CC)C(=O)C1=C(C)NC2=C(C(=O)C(C)(C)CC2)C1c1cc(Cl)ccc1[N+](=O)[O-]. The molecule has 0 aromatic heterocycles.